The maximum Gasteiger partial charge on any atom is 0.418 e. The third-order valence-electron chi connectivity index (χ3n) is 3.68. The summed E-state index contributed by atoms with van der Waals surface area (Å²) in [4.78, 5) is 34.3. The van der Waals surface area contributed by atoms with E-state index in [4.69, 9.17) is 13.8 Å². The molecule has 2 unspecified atom stereocenters. The van der Waals surface area contributed by atoms with E-state index in [-0.39, 0.29) is 13.2 Å². The number of urea groups is 1. The van der Waals surface area contributed by atoms with E-state index in [9.17, 15) is 18.0 Å². The first kappa shape index (κ1) is 16.6. The molecular weight excluding hydrogens is 348 g/mol. The van der Waals surface area contributed by atoms with Gasteiger partial charge in [-0.15, -0.1) is 4.28 Å². The zero-order chi connectivity index (χ0) is 17.3. The van der Waals surface area contributed by atoms with Gasteiger partial charge in [-0.3, -0.25) is 14.2 Å². The molecule has 24 heavy (non-hydrogen) atoms. The first-order valence-corrected chi connectivity index (χ1v) is 8.27. The van der Waals surface area contributed by atoms with Gasteiger partial charge in [0.15, 0.2) is 6.39 Å². The number of nitrogens with one attached hydrogen (secondary N) is 1. The SMILES string of the molecule is O=C(NOCc1cocn1)C1CCC2CN1C(=O)N2OS(=O)(=O)O. The van der Waals surface area contributed by atoms with Gasteiger partial charge >= 0.3 is 16.4 Å². The summed E-state index contributed by atoms with van der Waals surface area (Å²) in [5.74, 6) is -0.556. The number of rotatable bonds is 6. The maximum atomic E-state index is 12.2. The number of carbonyl (C=O) groups excluding carboxylic acids is 2. The molecule has 2 N–H and O–H groups in total. The van der Waals surface area contributed by atoms with Crippen molar-refractivity contribution >= 4 is 22.3 Å². The van der Waals surface area contributed by atoms with Gasteiger partial charge in [0.1, 0.15) is 24.6 Å². The highest BCUT2D eigenvalue weighted by Gasteiger charge is 2.49. The van der Waals surface area contributed by atoms with E-state index in [1.165, 1.54) is 12.7 Å². The summed E-state index contributed by atoms with van der Waals surface area (Å²) in [5.41, 5.74) is 2.69. The van der Waals surface area contributed by atoms with Crippen molar-refractivity contribution in [3.05, 3.63) is 18.4 Å². The number of fused-ring (bicyclic) bond motifs is 2. The Balaban J connectivity index is 1.58. The van der Waals surface area contributed by atoms with Crippen LogP contribution < -0.4 is 5.48 Å². The minimum atomic E-state index is -4.82. The van der Waals surface area contributed by atoms with Crippen LogP contribution in [0.15, 0.2) is 17.1 Å². The van der Waals surface area contributed by atoms with Crippen molar-refractivity contribution in [2.45, 2.75) is 31.5 Å². The molecular formula is C11H14N4O8S. The standard InChI is InChI=1S/C11H14N4O8S/c16-10(13-22-5-7-4-21-6-12-7)9-2-1-8-3-14(9)11(17)15(8)23-24(18,19)20/h4,6,8-9H,1-3,5H2,(H,13,16)(H,18,19,20). The number of oxazole rings is 1. The highest BCUT2D eigenvalue weighted by molar-refractivity contribution is 7.80. The Labute approximate surface area is 136 Å². The monoisotopic (exact) mass is 362 g/mol. The van der Waals surface area contributed by atoms with Crippen LogP contribution in [0.1, 0.15) is 18.5 Å². The fraction of sp³-hybridized carbons (Fsp3) is 0.545. The van der Waals surface area contributed by atoms with Gasteiger partial charge in [0.2, 0.25) is 0 Å². The minimum absolute atomic E-state index is 0.0104. The molecule has 3 amide bonds. The van der Waals surface area contributed by atoms with Crippen molar-refractivity contribution < 1.29 is 36.1 Å². The zero-order valence-electron chi connectivity index (χ0n) is 12.2. The summed E-state index contributed by atoms with van der Waals surface area (Å²) in [5, 5.41) is 0.568. The minimum Gasteiger partial charge on any atom is -0.451 e. The van der Waals surface area contributed by atoms with Crippen LogP contribution in [0.2, 0.25) is 0 Å². The Morgan fingerprint density at radius 2 is 2.29 bits per heavy atom. The van der Waals surface area contributed by atoms with Crippen LogP contribution in [0.4, 0.5) is 4.79 Å². The predicted octanol–water partition coefficient (Wildman–Crippen LogP) is -0.775. The summed E-state index contributed by atoms with van der Waals surface area (Å²) in [7, 11) is -4.82. The molecule has 2 fully saturated rings. The Bertz CT molecular complexity index is 720. The van der Waals surface area contributed by atoms with Crippen molar-refractivity contribution in [2.24, 2.45) is 0 Å². The fourth-order valence-electron chi connectivity index (χ4n) is 2.66. The molecule has 1 aromatic heterocycles. The highest BCUT2D eigenvalue weighted by atomic mass is 32.3. The zero-order valence-corrected chi connectivity index (χ0v) is 13.0. The van der Waals surface area contributed by atoms with Gasteiger partial charge in [0.25, 0.3) is 5.91 Å². The van der Waals surface area contributed by atoms with Gasteiger partial charge in [0, 0.05) is 6.54 Å². The van der Waals surface area contributed by atoms with E-state index in [1.54, 1.807) is 0 Å². The predicted molar refractivity (Wildman–Crippen MR) is 72.8 cm³/mol. The van der Waals surface area contributed by atoms with E-state index in [0.29, 0.717) is 23.6 Å². The van der Waals surface area contributed by atoms with Crippen molar-refractivity contribution in [3.8, 4) is 0 Å². The molecule has 2 saturated heterocycles. The molecule has 2 aliphatic heterocycles. The topological polar surface area (TPSA) is 152 Å². The molecule has 0 saturated carbocycles. The summed E-state index contributed by atoms with van der Waals surface area (Å²) in [6.07, 6.45) is 3.19. The van der Waals surface area contributed by atoms with Crippen molar-refractivity contribution in [2.75, 3.05) is 6.54 Å². The number of hydrogen-bond donors (Lipinski definition) is 2. The summed E-state index contributed by atoms with van der Waals surface area (Å²) >= 11 is 0. The third-order valence-corrected chi connectivity index (χ3v) is 4.03. The number of hydroxylamine groups is 3. The van der Waals surface area contributed by atoms with Crippen LogP contribution in [-0.4, -0.2) is 58.5 Å². The third kappa shape index (κ3) is 3.48. The van der Waals surface area contributed by atoms with Crippen LogP contribution in [0, 0.1) is 0 Å². The van der Waals surface area contributed by atoms with Gasteiger partial charge in [-0.1, -0.05) is 0 Å². The van der Waals surface area contributed by atoms with E-state index in [1.807, 2.05) is 0 Å². The molecule has 13 heteroatoms. The van der Waals surface area contributed by atoms with Crippen molar-refractivity contribution in [1.29, 1.82) is 0 Å². The average molecular weight is 362 g/mol. The quantitative estimate of drug-likeness (QED) is 0.490. The largest absolute Gasteiger partial charge is 0.451 e. The van der Waals surface area contributed by atoms with E-state index in [0.717, 1.165) is 4.90 Å². The summed E-state index contributed by atoms with van der Waals surface area (Å²) < 4.78 is 39.3. The Morgan fingerprint density at radius 1 is 1.50 bits per heavy atom. The number of piperidine rings is 1. The second-order valence-corrected chi connectivity index (χ2v) is 6.25. The lowest BCUT2D eigenvalue weighted by Crippen LogP contribution is -2.49. The number of nitrogens with zero attached hydrogens (tertiary/aromatic N) is 3. The molecule has 0 aliphatic carbocycles. The first-order valence-electron chi connectivity index (χ1n) is 6.90. The van der Waals surface area contributed by atoms with E-state index < -0.39 is 34.4 Å². The molecule has 3 rings (SSSR count). The molecule has 2 aliphatic rings. The number of amides is 3. The Hall–Kier alpha value is -2.22. The number of aromatic nitrogens is 1. The molecule has 12 nitrogen and oxygen atoms in total. The summed E-state index contributed by atoms with van der Waals surface area (Å²) in [6, 6.07) is -2.20. The second-order valence-electron chi connectivity index (χ2n) is 5.24. The van der Waals surface area contributed by atoms with Gasteiger partial charge in [-0.05, 0) is 12.8 Å². The Morgan fingerprint density at radius 3 is 2.96 bits per heavy atom. The normalized spacial score (nSPS) is 23.6. The maximum absolute atomic E-state index is 12.2. The van der Waals surface area contributed by atoms with Crippen LogP contribution in [0.3, 0.4) is 0 Å². The highest BCUT2D eigenvalue weighted by Crippen LogP contribution is 2.30. The fourth-order valence-corrected chi connectivity index (χ4v) is 3.05. The first-order chi connectivity index (χ1) is 11.3. The molecule has 0 aromatic carbocycles. The average Bonchev–Trinajstić information content (AvgIpc) is 3.10. The van der Waals surface area contributed by atoms with Gasteiger partial charge in [-0.25, -0.2) is 15.3 Å². The molecule has 0 spiro atoms. The van der Waals surface area contributed by atoms with Crippen LogP contribution in [-0.2, 0) is 30.9 Å². The van der Waals surface area contributed by atoms with Gasteiger partial charge in [0.05, 0.1) is 6.04 Å². The molecule has 0 radical (unpaired) electrons. The van der Waals surface area contributed by atoms with Crippen molar-refractivity contribution in [3.63, 3.8) is 0 Å². The number of carbonyl (C=O) groups is 2. The Kier molecular flexibility index (Phi) is 4.40. The lowest BCUT2D eigenvalue weighted by Gasteiger charge is -2.28. The lowest BCUT2D eigenvalue weighted by molar-refractivity contribution is -0.140. The smallest absolute Gasteiger partial charge is 0.418 e. The van der Waals surface area contributed by atoms with Crippen molar-refractivity contribution in [1.82, 2.24) is 20.4 Å². The molecule has 2 atom stereocenters. The molecule has 132 valence electrons. The lowest BCUT2D eigenvalue weighted by atomic mass is 10.0. The molecule has 2 bridgehead atoms. The van der Waals surface area contributed by atoms with Crippen LogP contribution >= 0.6 is 0 Å². The van der Waals surface area contributed by atoms with Gasteiger partial charge < -0.3 is 9.32 Å². The van der Waals surface area contributed by atoms with Crippen LogP contribution in [0.25, 0.3) is 0 Å². The number of hydrogen-bond acceptors (Lipinski definition) is 8. The van der Waals surface area contributed by atoms with E-state index >= 15 is 0 Å². The molecule has 1 aromatic rings. The van der Waals surface area contributed by atoms with Gasteiger partial charge in [-0.2, -0.15) is 13.5 Å². The second kappa shape index (κ2) is 6.35. The van der Waals surface area contributed by atoms with Crippen LogP contribution in [0.5, 0.6) is 0 Å². The molecule has 3 heterocycles. The summed E-state index contributed by atoms with van der Waals surface area (Å²) in [6.45, 7) is 0.0965. The van der Waals surface area contributed by atoms with E-state index in [2.05, 4.69) is 14.7 Å².